The minimum Gasteiger partial charge on any atom is -0.207 e. The van der Waals surface area contributed by atoms with Crippen molar-refractivity contribution in [2.24, 2.45) is 5.92 Å². The van der Waals surface area contributed by atoms with Gasteiger partial charge in [-0.3, -0.25) is 0 Å². The first-order valence-electron chi connectivity index (χ1n) is 13.1. The van der Waals surface area contributed by atoms with Crippen LogP contribution < -0.4 is 0 Å². The van der Waals surface area contributed by atoms with Crippen LogP contribution in [-0.2, 0) is 10.0 Å². The Morgan fingerprint density at radius 2 is 1.50 bits per heavy atom. The van der Waals surface area contributed by atoms with Crippen molar-refractivity contribution in [2.75, 3.05) is 6.54 Å². The minimum atomic E-state index is -3.67. The molecule has 1 aromatic rings. The van der Waals surface area contributed by atoms with Gasteiger partial charge < -0.3 is 0 Å². The van der Waals surface area contributed by atoms with Crippen molar-refractivity contribution >= 4 is 18.1 Å². The van der Waals surface area contributed by atoms with Gasteiger partial charge in [0.15, 0.2) is 0 Å². The highest BCUT2D eigenvalue weighted by molar-refractivity contribution is 7.89. The van der Waals surface area contributed by atoms with Gasteiger partial charge in [-0.05, 0) is 60.0 Å². The fraction of sp³-hybridized carbons (Fsp3) is 0.679. The lowest BCUT2D eigenvalue weighted by Crippen LogP contribution is -2.52. The molecule has 3 rings (SSSR count). The molecule has 2 aliphatic rings. The normalized spacial score (nSPS) is 23.2. The van der Waals surface area contributed by atoms with Crippen molar-refractivity contribution in [1.29, 1.82) is 5.26 Å². The number of rotatable bonds is 6. The fourth-order valence-electron chi connectivity index (χ4n) is 7.66. The van der Waals surface area contributed by atoms with Crippen molar-refractivity contribution in [3.05, 3.63) is 40.6 Å². The molecule has 1 atom stereocenters. The molecular weight excluding hydrogens is 456 g/mol. The summed E-state index contributed by atoms with van der Waals surface area (Å²) in [5.41, 5.74) is 2.88. The van der Waals surface area contributed by atoms with Crippen molar-refractivity contribution in [3.63, 3.8) is 0 Å². The zero-order chi connectivity index (χ0) is 25.5. The van der Waals surface area contributed by atoms with E-state index in [0.717, 1.165) is 42.9 Å². The van der Waals surface area contributed by atoms with Gasteiger partial charge in [0.25, 0.3) is 0 Å². The van der Waals surface area contributed by atoms with Gasteiger partial charge in [0.05, 0.1) is 16.5 Å². The van der Waals surface area contributed by atoms with E-state index in [1.54, 1.807) is 12.1 Å². The highest BCUT2D eigenvalue weighted by Crippen LogP contribution is 2.56. The van der Waals surface area contributed by atoms with E-state index in [0.29, 0.717) is 28.1 Å². The molecule has 6 heteroatoms. The van der Waals surface area contributed by atoms with Crippen molar-refractivity contribution in [3.8, 4) is 6.07 Å². The molecule has 1 aromatic carbocycles. The van der Waals surface area contributed by atoms with Crippen LogP contribution in [0, 0.1) is 24.2 Å². The van der Waals surface area contributed by atoms with Crippen LogP contribution in [0.1, 0.15) is 86.1 Å². The van der Waals surface area contributed by atoms with E-state index in [1.807, 2.05) is 23.4 Å². The summed E-state index contributed by atoms with van der Waals surface area (Å²) in [6.07, 6.45) is 4.79. The lowest BCUT2D eigenvalue weighted by molar-refractivity contribution is 0.203. The lowest BCUT2D eigenvalue weighted by atomic mass is 9.75. The predicted octanol–water partition coefficient (Wildman–Crippen LogP) is 7.38. The van der Waals surface area contributed by atoms with Crippen LogP contribution in [0.15, 0.2) is 39.9 Å². The first-order chi connectivity index (χ1) is 15.9. The third-order valence-corrected chi connectivity index (χ3v) is 17.8. The zero-order valence-corrected chi connectivity index (χ0v) is 24.3. The summed E-state index contributed by atoms with van der Waals surface area (Å²) in [5.74, 6) is 0.0519. The quantitative estimate of drug-likeness (QED) is 0.302. The molecule has 34 heavy (non-hydrogen) atoms. The molecular formula is C28H44N2O2SSi. The second-order valence-corrected chi connectivity index (χ2v) is 19.3. The molecule has 188 valence electrons. The highest BCUT2D eigenvalue weighted by atomic mass is 32.2. The molecule has 0 bridgehead atoms. The monoisotopic (exact) mass is 500 g/mol. The molecule has 1 aliphatic heterocycles. The summed E-state index contributed by atoms with van der Waals surface area (Å²) in [5, 5.41) is 11.8. The minimum absolute atomic E-state index is 0.0519. The fourth-order valence-corrected chi connectivity index (χ4v) is 16.4. The summed E-state index contributed by atoms with van der Waals surface area (Å²) in [7, 11) is -5.92. The van der Waals surface area contributed by atoms with Crippen LogP contribution in [0.3, 0.4) is 0 Å². The van der Waals surface area contributed by atoms with Crippen LogP contribution in [0.4, 0.5) is 0 Å². The summed E-state index contributed by atoms with van der Waals surface area (Å²) < 4.78 is 30.0. The predicted molar refractivity (Wildman–Crippen MR) is 144 cm³/mol. The van der Waals surface area contributed by atoms with Gasteiger partial charge >= 0.3 is 0 Å². The van der Waals surface area contributed by atoms with Crippen LogP contribution in [0.2, 0.25) is 16.6 Å². The molecule has 1 saturated carbocycles. The van der Waals surface area contributed by atoms with Gasteiger partial charge in [-0.25, -0.2) is 8.42 Å². The van der Waals surface area contributed by atoms with Crippen molar-refractivity contribution in [2.45, 2.75) is 115 Å². The third-order valence-electron chi connectivity index (χ3n) is 8.88. The maximum absolute atomic E-state index is 14.1. The van der Waals surface area contributed by atoms with Gasteiger partial charge in [0, 0.05) is 11.7 Å². The Morgan fingerprint density at radius 1 is 1.00 bits per heavy atom. The van der Waals surface area contributed by atoms with Crippen LogP contribution in [-0.4, -0.2) is 32.9 Å². The van der Waals surface area contributed by atoms with E-state index in [4.69, 9.17) is 0 Å². The summed E-state index contributed by atoms with van der Waals surface area (Å²) >= 11 is 0. The number of hydrogen-bond donors (Lipinski definition) is 0. The molecule has 0 amide bonds. The summed E-state index contributed by atoms with van der Waals surface area (Å²) in [4.78, 5) is 0.370. The second kappa shape index (κ2) is 9.91. The molecule has 0 N–H and O–H groups in total. The Bertz CT molecular complexity index is 1040. The molecule has 0 radical (unpaired) electrons. The smallest absolute Gasteiger partial charge is 0.207 e. The summed E-state index contributed by atoms with van der Waals surface area (Å²) in [6.45, 7) is 18.3. The zero-order valence-electron chi connectivity index (χ0n) is 22.5. The second-order valence-electron chi connectivity index (χ2n) is 11.6. The van der Waals surface area contributed by atoms with Gasteiger partial charge in [-0.15, -0.1) is 0 Å². The largest absolute Gasteiger partial charge is 0.243 e. The Labute approximate surface area is 209 Å². The van der Waals surface area contributed by atoms with E-state index < -0.39 is 23.6 Å². The van der Waals surface area contributed by atoms with E-state index in [9.17, 15) is 13.7 Å². The highest BCUT2D eigenvalue weighted by Gasteiger charge is 2.58. The first kappa shape index (κ1) is 27.2. The standard InChI is InChI=1S/C28H44N2O2SSi/c1-20(2)34(21(3)4,22(5)6)26(18-29)27-24(8)19-30(28(27)16-10-9-11-17-28)33(31,32)25-14-12-23(7)13-15-25/h12-15,20-22,24H,9-11,16-17,19H2,1-8H3/b27-26-. The number of allylic oxidation sites excluding steroid dienone is 1. The molecule has 1 saturated heterocycles. The number of hydrogen-bond acceptors (Lipinski definition) is 3. The molecule has 1 unspecified atom stereocenters. The molecule has 1 heterocycles. The summed E-state index contributed by atoms with van der Waals surface area (Å²) in [6, 6.07) is 10.0. The number of sulfonamides is 1. The van der Waals surface area contributed by atoms with Gasteiger partial charge in [0.2, 0.25) is 10.0 Å². The van der Waals surface area contributed by atoms with Crippen LogP contribution >= 0.6 is 0 Å². The SMILES string of the molecule is Cc1ccc(S(=O)(=O)N2CC(C)/C(=C(\C#N)[Si](C(C)C)(C(C)C)C(C)C)C23CCCCC3)cc1. The maximum atomic E-state index is 14.1. The van der Waals surface area contributed by atoms with Crippen molar-refractivity contribution < 1.29 is 8.42 Å². The number of nitrogens with zero attached hydrogens (tertiary/aromatic N) is 2. The van der Waals surface area contributed by atoms with Crippen molar-refractivity contribution in [1.82, 2.24) is 4.31 Å². The van der Waals surface area contributed by atoms with E-state index >= 15 is 0 Å². The maximum Gasteiger partial charge on any atom is 0.243 e. The third kappa shape index (κ3) is 4.12. The van der Waals surface area contributed by atoms with Gasteiger partial charge in [-0.1, -0.05) is 85.4 Å². The molecule has 1 spiro atoms. The van der Waals surface area contributed by atoms with Crippen LogP contribution in [0.5, 0.6) is 0 Å². The van der Waals surface area contributed by atoms with E-state index in [2.05, 4.69) is 54.5 Å². The first-order valence-corrected chi connectivity index (χ1v) is 16.8. The Balaban J connectivity index is 2.34. The Kier molecular flexibility index (Phi) is 7.92. The number of benzene rings is 1. The van der Waals surface area contributed by atoms with Gasteiger partial charge in [0.1, 0.15) is 8.07 Å². The average molecular weight is 501 g/mol. The molecule has 0 aromatic heterocycles. The number of nitriles is 1. The van der Waals surface area contributed by atoms with E-state index in [1.165, 1.54) is 5.57 Å². The Morgan fingerprint density at radius 3 is 1.94 bits per heavy atom. The topological polar surface area (TPSA) is 61.2 Å². The average Bonchev–Trinajstić information content (AvgIpc) is 3.03. The lowest BCUT2D eigenvalue weighted by Gasteiger charge is -2.47. The van der Waals surface area contributed by atoms with Gasteiger partial charge in [-0.2, -0.15) is 9.57 Å². The Hall–Kier alpha value is -1.42. The van der Waals surface area contributed by atoms with Crippen LogP contribution in [0.25, 0.3) is 0 Å². The van der Waals surface area contributed by atoms with E-state index in [-0.39, 0.29) is 5.92 Å². The molecule has 4 nitrogen and oxygen atoms in total. The molecule has 2 fully saturated rings. The molecule has 1 aliphatic carbocycles. The number of aryl methyl sites for hydroxylation is 1.